The zero-order valence-corrected chi connectivity index (χ0v) is 23.3. The van der Waals surface area contributed by atoms with E-state index in [1.807, 2.05) is 12.1 Å². The third-order valence-corrected chi connectivity index (χ3v) is 11.5. The van der Waals surface area contributed by atoms with Gasteiger partial charge in [-0.3, -0.25) is 0 Å². The van der Waals surface area contributed by atoms with Crippen LogP contribution < -0.4 is 24.8 Å². The van der Waals surface area contributed by atoms with Crippen molar-refractivity contribution in [1.82, 2.24) is 0 Å². The van der Waals surface area contributed by atoms with E-state index in [0.717, 1.165) is 24.0 Å². The molecule has 0 amide bonds. The molecule has 1 heterocycles. The molecule has 0 unspecified atom stereocenters. The fraction of sp³-hybridized carbons (Fsp3) is 0.231. The first-order valence-electron chi connectivity index (χ1n) is 10.8. The van der Waals surface area contributed by atoms with Crippen LogP contribution in [0.3, 0.4) is 0 Å². The molecule has 5 rings (SSSR count). The molecule has 0 atom stereocenters. The molecule has 6 heteroatoms. The van der Waals surface area contributed by atoms with Crippen molar-refractivity contribution in [2.75, 3.05) is 0 Å². The van der Waals surface area contributed by atoms with Crippen molar-refractivity contribution in [3.63, 3.8) is 0 Å². The topological polar surface area (TPSA) is 0 Å². The summed E-state index contributed by atoms with van der Waals surface area (Å²) in [5.74, 6) is -0.394. The molecule has 1 fully saturated rings. The second-order valence-electron chi connectivity index (χ2n) is 7.91. The average molecular weight is 567 g/mol. The van der Waals surface area contributed by atoms with Crippen molar-refractivity contribution in [3.05, 3.63) is 102 Å². The molecule has 0 bridgehead atoms. The Morgan fingerprint density at radius 2 is 1.16 bits per heavy atom. The predicted octanol–water partition coefficient (Wildman–Crippen LogP) is 0.883. The first-order chi connectivity index (χ1) is 14.7. The summed E-state index contributed by atoms with van der Waals surface area (Å²) in [5.41, 5.74) is 4.29. The molecule has 1 saturated heterocycles. The Morgan fingerprint density at radius 3 is 1.53 bits per heavy atom. The molecule has 2 aromatic carbocycles. The molecule has 166 valence electrons. The van der Waals surface area contributed by atoms with Crippen molar-refractivity contribution in [3.8, 4) is 0 Å². The maximum Gasteiger partial charge on any atom is -1.00 e. The number of halogens is 4. The van der Waals surface area contributed by atoms with Gasteiger partial charge in [-0.2, -0.15) is 0 Å². The van der Waals surface area contributed by atoms with E-state index in [1.54, 1.807) is 49.2 Å². The van der Waals surface area contributed by atoms with Crippen LogP contribution in [0.4, 0.5) is 8.78 Å². The quantitative estimate of drug-likeness (QED) is 0.483. The Labute approximate surface area is 216 Å². The van der Waals surface area contributed by atoms with Gasteiger partial charge in [0.05, 0.1) is 0 Å². The molecule has 2 aromatic rings. The largest absolute Gasteiger partial charge is 1.00 e. The van der Waals surface area contributed by atoms with Crippen LogP contribution in [-0.4, -0.2) is 9.52 Å². The Hall–Kier alpha value is -1.06. The molecular formula is C26H26Cl2F2SiZr. The Morgan fingerprint density at radius 1 is 0.688 bits per heavy atom. The minimum atomic E-state index is -0.986. The molecule has 0 saturated carbocycles. The van der Waals surface area contributed by atoms with Gasteiger partial charge in [-0.05, 0) is 0 Å². The maximum atomic E-state index is 13.6. The number of benzene rings is 2. The van der Waals surface area contributed by atoms with Crippen molar-refractivity contribution in [2.24, 2.45) is 0 Å². The minimum absolute atomic E-state index is 0. The van der Waals surface area contributed by atoms with Gasteiger partial charge in [0, 0.05) is 9.52 Å². The molecular weight excluding hydrogens is 540 g/mol. The van der Waals surface area contributed by atoms with Gasteiger partial charge in [-0.15, -0.1) is 0 Å². The average Bonchev–Trinajstić information content (AvgIpc) is 3.52. The molecule has 0 spiro atoms. The summed E-state index contributed by atoms with van der Waals surface area (Å²) >= 11 is -0.986. The molecule has 32 heavy (non-hydrogen) atoms. The molecule has 2 aliphatic carbocycles. The van der Waals surface area contributed by atoms with Gasteiger partial charge in [0.2, 0.25) is 0 Å². The fourth-order valence-electron chi connectivity index (χ4n) is 4.17. The number of hydrogen-bond donors (Lipinski definition) is 0. The van der Waals surface area contributed by atoms with Crippen molar-refractivity contribution >= 4 is 20.7 Å². The minimum Gasteiger partial charge on any atom is -1.00 e. The summed E-state index contributed by atoms with van der Waals surface area (Å²) in [5, 5.41) is 0. The number of rotatable bonds is 4. The monoisotopic (exact) mass is 564 g/mol. The molecule has 0 N–H and O–H groups in total. The summed E-state index contributed by atoms with van der Waals surface area (Å²) in [7, 11) is 0.543. The molecule has 3 aliphatic rings. The third kappa shape index (κ3) is 7.22. The van der Waals surface area contributed by atoms with Gasteiger partial charge in [-0.1, -0.05) is 24.9 Å². The van der Waals surface area contributed by atoms with E-state index in [1.165, 1.54) is 29.8 Å². The smallest absolute Gasteiger partial charge is 1.00 e. The van der Waals surface area contributed by atoms with Gasteiger partial charge in [0.1, 0.15) is 0 Å². The summed E-state index contributed by atoms with van der Waals surface area (Å²) in [4.78, 5) is 0. The predicted molar refractivity (Wildman–Crippen MR) is 122 cm³/mol. The summed E-state index contributed by atoms with van der Waals surface area (Å²) in [6, 6.07) is 16.9. The van der Waals surface area contributed by atoms with Crippen LogP contribution in [0.1, 0.15) is 36.8 Å². The summed E-state index contributed by atoms with van der Waals surface area (Å²) in [6.45, 7) is 0. The Balaban J connectivity index is 0.000000460. The standard InChI is InChI=1S/2C11H8F.C4H10Si.2ClH.Zr/c2*12-11-7-3-6-10(8-11)9-4-1-2-5-9;1-2-4-5-3-1;;;/h2*1,3-4,6-8H,2H2;1-5H2;2*1H;/q;;;;;+2/p-2. The van der Waals surface area contributed by atoms with Crippen LogP contribution in [0.25, 0.3) is 11.1 Å². The first kappa shape index (κ1) is 27.2. The van der Waals surface area contributed by atoms with Crippen LogP contribution in [0.5, 0.6) is 0 Å². The summed E-state index contributed by atoms with van der Waals surface area (Å²) in [6.07, 6.45) is 13.6. The maximum absolute atomic E-state index is 13.6. The van der Waals surface area contributed by atoms with Crippen molar-refractivity contribution in [1.29, 1.82) is 0 Å². The van der Waals surface area contributed by atoms with Crippen LogP contribution in [0.2, 0.25) is 12.1 Å². The van der Waals surface area contributed by atoms with Gasteiger partial charge >= 0.3 is 158 Å². The van der Waals surface area contributed by atoms with E-state index in [0.29, 0.717) is 9.52 Å². The SMILES string of the molecule is C1CC[SiH2]C1.Fc1cccc(C2=[C]([Zr+2][C]3=C(c4cccc(F)c4)C=CC3)CC=C2)c1.[Cl-].[Cl-]. The van der Waals surface area contributed by atoms with E-state index >= 15 is 0 Å². The van der Waals surface area contributed by atoms with E-state index in [2.05, 4.69) is 24.3 Å². The van der Waals surface area contributed by atoms with Gasteiger partial charge < -0.3 is 24.8 Å². The van der Waals surface area contributed by atoms with Gasteiger partial charge in [-0.25, -0.2) is 0 Å². The van der Waals surface area contributed by atoms with Gasteiger partial charge in [0.25, 0.3) is 0 Å². The van der Waals surface area contributed by atoms with E-state index in [9.17, 15) is 8.78 Å². The van der Waals surface area contributed by atoms with Crippen LogP contribution in [0.15, 0.2) is 79.4 Å². The van der Waals surface area contributed by atoms with E-state index in [4.69, 9.17) is 0 Å². The van der Waals surface area contributed by atoms with Gasteiger partial charge in [0.15, 0.2) is 0 Å². The number of hydrogen-bond acceptors (Lipinski definition) is 0. The molecule has 1 aliphatic heterocycles. The van der Waals surface area contributed by atoms with Crippen molar-refractivity contribution in [2.45, 2.75) is 37.8 Å². The second kappa shape index (κ2) is 13.6. The van der Waals surface area contributed by atoms with Crippen LogP contribution >= 0.6 is 0 Å². The van der Waals surface area contributed by atoms with Crippen LogP contribution in [-0.2, 0) is 23.2 Å². The van der Waals surface area contributed by atoms with Crippen LogP contribution in [0, 0.1) is 11.6 Å². The number of allylic oxidation sites excluding steroid dienone is 8. The zero-order chi connectivity index (χ0) is 20.8. The molecule has 0 nitrogen and oxygen atoms in total. The molecule has 0 aromatic heterocycles. The Kier molecular flexibility index (Phi) is 11.6. The zero-order valence-electron chi connectivity index (χ0n) is 17.9. The normalized spacial score (nSPS) is 16.3. The van der Waals surface area contributed by atoms with E-state index in [-0.39, 0.29) is 36.4 Å². The second-order valence-corrected chi connectivity index (χ2v) is 13.6. The van der Waals surface area contributed by atoms with E-state index < -0.39 is 23.2 Å². The first-order valence-corrected chi connectivity index (χ1v) is 15.2. The fourth-order valence-corrected chi connectivity index (χ4v) is 9.69. The third-order valence-electron chi connectivity index (χ3n) is 5.69. The van der Waals surface area contributed by atoms with Crippen molar-refractivity contribution < 1.29 is 56.8 Å². The summed E-state index contributed by atoms with van der Waals surface area (Å²) < 4.78 is 30.1. The Bertz CT molecular complexity index is 955. The molecule has 0 radical (unpaired) electrons.